The Morgan fingerprint density at radius 2 is 1.78 bits per heavy atom. The topological polar surface area (TPSA) is 46.2 Å². The second-order valence-corrected chi connectivity index (χ2v) is 6.90. The monoisotopic (exact) mass is 267 g/mol. The molecule has 3 heteroatoms. The number of halogens is 1. The van der Waals surface area contributed by atoms with Crippen LogP contribution in [0.3, 0.4) is 0 Å². The Balaban J connectivity index is 2.58. The van der Waals surface area contributed by atoms with Crippen LogP contribution in [0.5, 0.6) is 5.75 Å². The largest absolute Gasteiger partial charge is 0.507 e. The highest BCUT2D eigenvalue weighted by molar-refractivity contribution is 6.30. The van der Waals surface area contributed by atoms with E-state index >= 15 is 0 Å². The van der Waals surface area contributed by atoms with Crippen LogP contribution in [-0.4, -0.2) is 5.11 Å². The zero-order valence-electron chi connectivity index (χ0n) is 11.4. The molecule has 3 N–H and O–H groups in total. The molecule has 0 heterocycles. The molecule has 1 saturated carbocycles. The average molecular weight is 268 g/mol. The van der Waals surface area contributed by atoms with Gasteiger partial charge in [-0.3, -0.25) is 0 Å². The van der Waals surface area contributed by atoms with Crippen LogP contribution in [0.25, 0.3) is 0 Å². The zero-order valence-corrected chi connectivity index (χ0v) is 12.1. The van der Waals surface area contributed by atoms with E-state index < -0.39 is 5.54 Å². The van der Waals surface area contributed by atoms with Crippen molar-refractivity contribution in [1.29, 1.82) is 0 Å². The minimum atomic E-state index is -0.408. The van der Waals surface area contributed by atoms with E-state index in [0.717, 1.165) is 36.8 Å². The third kappa shape index (κ3) is 2.36. The molecule has 1 aliphatic rings. The van der Waals surface area contributed by atoms with Gasteiger partial charge in [-0.1, -0.05) is 45.2 Å². The van der Waals surface area contributed by atoms with Crippen molar-refractivity contribution in [2.75, 3.05) is 0 Å². The third-order valence-electron chi connectivity index (χ3n) is 3.91. The van der Waals surface area contributed by atoms with Gasteiger partial charge in [0.1, 0.15) is 5.75 Å². The van der Waals surface area contributed by atoms with Gasteiger partial charge in [-0.25, -0.2) is 0 Å². The Kier molecular flexibility index (Phi) is 3.37. The minimum Gasteiger partial charge on any atom is -0.507 e. The first-order valence-electron chi connectivity index (χ1n) is 6.56. The molecule has 0 atom stereocenters. The molecule has 18 heavy (non-hydrogen) atoms. The van der Waals surface area contributed by atoms with Gasteiger partial charge in [0, 0.05) is 21.7 Å². The Morgan fingerprint density at radius 3 is 2.28 bits per heavy atom. The van der Waals surface area contributed by atoms with Crippen molar-refractivity contribution in [2.45, 2.75) is 57.4 Å². The second kappa shape index (κ2) is 4.43. The van der Waals surface area contributed by atoms with Crippen LogP contribution < -0.4 is 5.73 Å². The third-order valence-corrected chi connectivity index (χ3v) is 4.13. The maximum atomic E-state index is 10.5. The van der Waals surface area contributed by atoms with Crippen LogP contribution in [0.15, 0.2) is 12.1 Å². The predicted octanol–water partition coefficient (Wildman–Crippen LogP) is 4.07. The molecule has 2 nitrogen and oxygen atoms in total. The summed E-state index contributed by atoms with van der Waals surface area (Å²) in [7, 11) is 0. The summed E-state index contributed by atoms with van der Waals surface area (Å²) in [6.45, 7) is 6.21. The molecule has 0 aliphatic heterocycles. The van der Waals surface area contributed by atoms with Gasteiger partial charge in [-0.05, 0) is 30.4 Å². The molecule has 0 aromatic heterocycles. The molecule has 2 rings (SSSR count). The lowest BCUT2D eigenvalue weighted by molar-refractivity contribution is 0.395. The maximum absolute atomic E-state index is 10.5. The first-order chi connectivity index (χ1) is 8.24. The van der Waals surface area contributed by atoms with Gasteiger partial charge in [0.15, 0.2) is 0 Å². The van der Waals surface area contributed by atoms with E-state index in [9.17, 15) is 5.11 Å². The van der Waals surface area contributed by atoms with E-state index in [2.05, 4.69) is 20.8 Å². The first kappa shape index (κ1) is 13.7. The summed E-state index contributed by atoms with van der Waals surface area (Å²) in [6.07, 6.45) is 4.08. The lowest BCUT2D eigenvalue weighted by atomic mass is 9.80. The van der Waals surface area contributed by atoms with Crippen molar-refractivity contribution in [2.24, 2.45) is 5.73 Å². The summed E-state index contributed by atoms with van der Waals surface area (Å²) in [6, 6.07) is 3.68. The highest BCUT2D eigenvalue weighted by Crippen LogP contribution is 2.45. The molecule has 0 bridgehead atoms. The highest BCUT2D eigenvalue weighted by atomic mass is 35.5. The fourth-order valence-electron chi connectivity index (χ4n) is 2.83. The van der Waals surface area contributed by atoms with Crippen LogP contribution in [0.1, 0.15) is 57.6 Å². The van der Waals surface area contributed by atoms with Gasteiger partial charge >= 0.3 is 0 Å². The molecule has 0 saturated heterocycles. The molecular formula is C15H22ClNO. The van der Waals surface area contributed by atoms with Crippen molar-refractivity contribution in [3.05, 3.63) is 28.3 Å². The van der Waals surface area contributed by atoms with Crippen molar-refractivity contribution < 1.29 is 5.11 Å². The van der Waals surface area contributed by atoms with Gasteiger partial charge in [0.2, 0.25) is 0 Å². The number of hydrogen-bond donors (Lipinski definition) is 2. The Bertz CT molecular complexity index is 456. The Hall–Kier alpha value is -0.730. The van der Waals surface area contributed by atoms with Gasteiger partial charge in [0.05, 0.1) is 0 Å². The Labute approximate surface area is 114 Å². The van der Waals surface area contributed by atoms with Gasteiger partial charge in [-0.15, -0.1) is 0 Å². The van der Waals surface area contributed by atoms with Crippen LogP contribution in [-0.2, 0) is 11.0 Å². The number of phenolic OH excluding ortho intramolecular Hbond substituents is 1. The van der Waals surface area contributed by atoms with Crippen LogP contribution in [0, 0.1) is 0 Å². The number of phenols is 1. The van der Waals surface area contributed by atoms with Crippen LogP contribution >= 0.6 is 11.6 Å². The van der Waals surface area contributed by atoms with Gasteiger partial charge < -0.3 is 10.8 Å². The summed E-state index contributed by atoms with van der Waals surface area (Å²) < 4.78 is 0. The number of rotatable bonds is 1. The smallest absolute Gasteiger partial charge is 0.124 e. The lowest BCUT2D eigenvalue weighted by Crippen LogP contribution is -2.33. The zero-order chi connectivity index (χ0) is 13.6. The Morgan fingerprint density at radius 1 is 1.22 bits per heavy atom. The van der Waals surface area contributed by atoms with Crippen molar-refractivity contribution in [1.82, 2.24) is 0 Å². The quantitative estimate of drug-likeness (QED) is 0.806. The SMILES string of the molecule is CC(C)(C)c1cc(Cl)cc(C2(N)CCCC2)c1O. The predicted molar refractivity (Wildman–Crippen MR) is 76.2 cm³/mol. The summed E-state index contributed by atoms with van der Waals surface area (Å²) in [4.78, 5) is 0. The summed E-state index contributed by atoms with van der Waals surface area (Å²) >= 11 is 6.20. The van der Waals surface area contributed by atoms with Crippen molar-refractivity contribution in [3.63, 3.8) is 0 Å². The van der Waals surface area contributed by atoms with E-state index in [1.54, 1.807) is 0 Å². The molecule has 0 radical (unpaired) electrons. The number of aromatic hydroxyl groups is 1. The lowest BCUT2D eigenvalue weighted by Gasteiger charge is -2.29. The molecular weight excluding hydrogens is 246 g/mol. The van der Waals surface area contributed by atoms with E-state index in [1.165, 1.54) is 0 Å². The number of nitrogens with two attached hydrogens (primary N) is 1. The first-order valence-corrected chi connectivity index (χ1v) is 6.94. The summed E-state index contributed by atoms with van der Waals surface area (Å²) in [5.41, 5.74) is 7.59. The summed E-state index contributed by atoms with van der Waals surface area (Å²) in [5.74, 6) is 0.330. The molecule has 1 fully saturated rings. The summed E-state index contributed by atoms with van der Waals surface area (Å²) in [5, 5.41) is 11.2. The molecule has 1 aromatic carbocycles. The number of benzene rings is 1. The maximum Gasteiger partial charge on any atom is 0.124 e. The fourth-order valence-corrected chi connectivity index (χ4v) is 3.04. The average Bonchev–Trinajstić information content (AvgIpc) is 2.67. The molecule has 100 valence electrons. The normalized spacial score (nSPS) is 19.2. The van der Waals surface area contributed by atoms with E-state index in [4.69, 9.17) is 17.3 Å². The van der Waals surface area contributed by atoms with Crippen LogP contribution in [0.2, 0.25) is 5.02 Å². The highest BCUT2D eigenvalue weighted by Gasteiger charge is 2.35. The van der Waals surface area contributed by atoms with Crippen molar-refractivity contribution in [3.8, 4) is 5.75 Å². The molecule has 0 unspecified atom stereocenters. The fraction of sp³-hybridized carbons (Fsp3) is 0.600. The standard InChI is InChI=1S/C15H22ClNO/c1-14(2,3)11-8-10(16)9-12(13(11)18)15(17)6-4-5-7-15/h8-9,18H,4-7,17H2,1-3H3. The molecule has 1 aliphatic carbocycles. The van der Waals surface area contributed by atoms with Gasteiger partial charge in [0.25, 0.3) is 0 Å². The van der Waals surface area contributed by atoms with E-state index in [0.29, 0.717) is 10.8 Å². The molecule has 1 aromatic rings. The second-order valence-electron chi connectivity index (χ2n) is 6.46. The van der Waals surface area contributed by atoms with Crippen molar-refractivity contribution >= 4 is 11.6 Å². The van der Waals surface area contributed by atoms with E-state index in [-0.39, 0.29) is 5.41 Å². The van der Waals surface area contributed by atoms with Gasteiger partial charge in [-0.2, -0.15) is 0 Å². The molecule has 0 amide bonds. The van der Waals surface area contributed by atoms with Crippen LogP contribution in [0.4, 0.5) is 0 Å². The minimum absolute atomic E-state index is 0.140. The molecule has 0 spiro atoms. The number of hydrogen-bond acceptors (Lipinski definition) is 2. The van der Waals surface area contributed by atoms with E-state index in [1.807, 2.05) is 12.1 Å².